The standard InChI is InChI=1S/C17H35N3/c1-4-18-14-17(9-7-5-6-8-10-17)15-20-12-11-19(3)16(2)13-20/h16,18H,4-15H2,1-3H3. The van der Waals surface area contributed by atoms with Gasteiger partial charge in [-0.05, 0) is 38.8 Å². The smallest absolute Gasteiger partial charge is 0.0192 e. The Balaban J connectivity index is 1.95. The Morgan fingerprint density at radius 1 is 1.10 bits per heavy atom. The molecule has 0 amide bonds. The van der Waals surface area contributed by atoms with E-state index < -0.39 is 0 Å². The number of rotatable bonds is 5. The third-order valence-electron chi connectivity index (χ3n) is 5.52. The molecule has 2 aliphatic rings. The summed E-state index contributed by atoms with van der Waals surface area (Å²) in [6, 6.07) is 0.714. The molecule has 2 rings (SSSR count). The number of nitrogens with one attached hydrogen (secondary N) is 1. The Bertz CT molecular complexity index is 271. The highest BCUT2D eigenvalue weighted by atomic mass is 15.3. The molecular weight excluding hydrogens is 246 g/mol. The van der Waals surface area contributed by atoms with Crippen LogP contribution >= 0.6 is 0 Å². The van der Waals surface area contributed by atoms with Gasteiger partial charge in [0.05, 0.1) is 0 Å². The summed E-state index contributed by atoms with van der Waals surface area (Å²) in [5, 5.41) is 3.66. The lowest BCUT2D eigenvalue weighted by atomic mass is 9.79. The second-order valence-corrected chi connectivity index (χ2v) is 7.26. The van der Waals surface area contributed by atoms with Crippen LogP contribution in [0.1, 0.15) is 52.4 Å². The Kier molecular flexibility index (Phi) is 6.31. The van der Waals surface area contributed by atoms with Crippen LogP contribution in [0.2, 0.25) is 0 Å². The summed E-state index contributed by atoms with van der Waals surface area (Å²) in [6.45, 7) is 12.0. The van der Waals surface area contributed by atoms with Crippen molar-refractivity contribution in [3.8, 4) is 0 Å². The molecule has 1 aliphatic heterocycles. The van der Waals surface area contributed by atoms with E-state index in [1.807, 2.05) is 0 Å². The third kappa shape index (κ3) is 4.44. The molecule has 1 aliphatic carbocycles. The quantitative estimate of drug-likeness (QED) is 0.782. The van der Waals surface area contributed by atoms with Crippen LogP contribution in [-0.2, 0) is 0 Å². The SMILES string of the molecule is CCNCC1(CN2CCN(C)C(C)C2)CCCCCC1. The number of hydrogen-bond donors (Lipinski definition) is 1. The summed E-state index contributed by atoms with van der Waals surface area (Å²) in [5.74, 6) is 0. The summed E-state index contributed by atoms with van der Waals surface area (Å²) in [4.78, 5) is 5.24. The Hall–Kier alpha value is -0.120. The van der Waals surface area contributed by atoms with Crippen molar-refractivity contribution in [2.24, 2.45) is 5.41 Å². The summed E-state index contributed by atoms with van der Waals surface area (Å²) < 4.78 is 0. The van der Waals surface area contributed by atoms with Gasteiger partial charge in [-0.2, -0.15) is 0 Å². The van der Waals surface area contributed by atoms with E-state index in [0.29, 0.717) is 11.5 Å². The molecule has 0 aromatic carbocycles. The maximum absolute atomic E-state index is 3.66. The molecule has 1 saturated carbocycles. The van der Waals surface area contributed by atoms with Crippen molar-refractivity contribution in [1.82, 2.24) is 15.1 Å². The second kappa shape index (κ2) is 7.77. The van der Waals surface area contributed by atoms with Crippen LogP contribution in [0.3, 0.4) is 0 Å². The van der Waals surface area contributed by atoms with E-state index in [9.17, 15) is 0 Å². The maximum atomic E-state index is 3.66. The predicted octanol–water partition coefficient (Wildman–Crippen LogP) is 2.57. The molecule has 3 heteroatoms. The van der Waals surface area contributed by atoms with Crippen molar-refractivity contribution in [1.29, 1.82) is 0 Å². The fraction of sp³-hybridized carbons (Fsp3) is 1.00. The molecule has 0 aromatic heterocycles. The van der Waals surface area contributed by atoms with Gasteiger partial charge in [0.2, 0.25) is 0 Å². The molecule has 1 atom stereocenters. The van der Waals surface area contributed by atoms with E-state index >= 15 is 0 Å². The average Bonchev–Trinajstić information content (AvgIpc) is 2.67. The molecule has 0 spiro atoms. The van der Waals surface area contributed by atoms with Gasteiger partial charge in [-0.1, -0.05) is 32.6 Å². The largest absolute Gasteiger partial charge is 0.316 e. The fourth-order valence-electron chi connectivity index (χ4n) is 4.00. The Morgan fingerprint density at radius 2 is 1.80 bits per heavy atom. The second-order valence-electron chi connectivity index (χ2n) is 7.26. The normalized spacial score (nSPS) is 29.2. The molecule has 1 heterocycles. The summed E-state index contributed by atoms with van der Waals surface area (Å²) in [5.41, 5.74) is 0.544. The summed E-state index contributed by atoms with van der Waals surface area (Å²) >= 11 is 0. The highest BCUT2D eigenvalue weighted by molar-refractivity contribution is 4.89. The van der Waals surface area contributed by atoms with Crippen LogP contribution < -0.4 is 5.32 Å². The first-order chi connectivity index (χ1) is 9.65. The molecule has 1 saturated heterocycles. The average molecular weight is 281 g/mol. The fourth-order valence-corrected chi connectivity index (χ4v) is 4.00. The zero-order chi connectivity index (χ0) is 14.4. The van der Waals surface area contributed by atoms with Gasteiger partial charge in [0.15, 0.2) is 0 Å². The first kappa shape index (κ1) is 16.3. The van der Waals surface area contributed by atoms with Crippen molar-refractivity contribution >= 4 is 0 Å². The lowest BCUT2D eigenvalue weighted by molar-refractivity contribution is 0.0570. The molecule has 20 heavy (non-hydrogen) atoms. The molecular formula is C17H35N3. The minimum atomic E-state index is 0.544. The van der Waals surface area contributed by atoms with E-state index in [1.54, 1.807) is 0 Å². The summed E-state index contributed by atoms with van der Waals surface area (Å²) in [6.07, 6.45) is 8.64. The molecule has 2 fully saturated rings. The Morgan fingerprint density at radius 3 is 2.40 bits per heavy atom. The van der Waals surface area contributed by atoms with Gasteiger partial charge in [0, 0.05) is 38.8 Å². The first-order valence-corrected chi connectivity index (χ1v) is 8.78. The van der Waals surface area contributed by atoms with Gasteiger partial charge in [0.25, 0.3) is 0 Å². The molecule has 0 radical (unpaired) electrons. The molecule has 1 N–H and O–H groups in total. The van der Waals surface area contributed by atoms with Crippen LogP contribution in [0.25, 0.3) is 0 Å². The van der Waals surface area contributed by atoms with Crippen molar-refractivity contribution in [3.63, 3.8) is 0 Å². The third-order valence-corrected chi connectivity index (χ3v) is 5.52. The molecule has 0 aromatic rings. The number of hydrogen-bond acceptors (Lipinski definition) is 3. The first-order valence-electron chi connectivity index (χ1n) is 8.78. The minimum Gasteiger partial charge on any atom is -0.316 e. The van der Waals surface area contributed by atoms with Crippen molar-refractivity contribution in [3.05, 3.63) is 0 Å². The lowest BCUT2D eigenvalue weighted by Gasteiger charge is -2.43. The topological polar surface area (TPSA) is 18.5 Å². The van der Waals surface area contributed by atoms with Crippen LogP contribution in [0.4, 0.5) is 0 Å². The number of piperazine rings is 1. The maximum Gasteiger partial charge on any atom is 0.0192 e. The van der Waals surface area contributed by atoms with Crippen LogP contribution in [0.15, 0.2) is 0 Å². The minimum absolute atomic E-state index is 0.544. The highest BCUT2D eigenvalue weighted by Gasteiger charge is 2.34. The number of likely N-dealkylation sites (N-methyl/N-ethyl adjacent to an activating group) is 1. The number of nitrogens with zero attached hydrogens (tertiary/aromatic N) is 2. The lowest BCUT2D eigenvalue weighted by Crippen LogP contribution is -2.54. The molecule has 0 bridgehead atoms. The predicted molar refractivity (Wildman–Crippen MR) is 87.2 cm³/mol. The van der Waals surface area contributed by atoms with E-state index in [-0.39, 0.29) is 0 Å². The van der Waals surface area contributed by atoms with Gasteiger partial charge in [-0.15, -0.1) is 0 Å². The molecule has 1 unspecified atom stereocenters. The zero-order valence-corrected chi connectivity index (χ0v) is 14.0. The van der Waals surface area contributed by atoms with Gasteiger partial charge in [0.1, 0.15) is 0 Å². The van der Waals surface area contributed by atoms with Crippen molar-refractivity contribution in [2.75, 3.05) is 46.3 Å². The van der Waals surface area contributed by atoms with Crippen molar-refractivity contribution in [2.45, 2.75) is 58.4 Å². The van der Waals surface area contributed by atoms with Crippen molar-refractivity contribution < 1.29 is 0 Å². The van der Waals surface area contributed by atoms with Gasteiger partial charge in [-0.3, -0.25) is 4.90 Å². The Labute approximate surface area is 126 Å². The van der Waals surface area contributed by atoms with Gasteiger partial charge >= 0.3 is 0 Å². The highest BCUT2D eigenvalue weighted by Crippen LogP contribution is 2.35. The molecule has 118 valence electrons. The van der Waals surface area contributed by atoms with E-state index in [4.69, 9.17) is 0 Å². The molecule has 3 nitrogen and oxygen atoms in total. The van der Waals surface area contributed by atoms with Gasteiger partial charge < -0.3 is 10.2 Å². The monoisotopic (exact) mass is 281 g/mol. The van der Waals surface area contributed by atoms with Crippen LogP contribution in [-0.4, -0.2) is 62.2 Å². The summed E-state index contributed by atoms with van der Waals surface area (Å²) in [7, 11) is 2.27. The zero-order valence-electron chi connectivity index (χ0n) is 14.0. The van der Waals surface area contributed by atoms with Gasteiger partial charge in [-0.25, -0.2) is 0 Å². The van der Waals surface area contributed by atoms with Crippen LogP contribution in [0.5, 0.6) is 0 Å². The van der Waals surface area contributed by atoms with E-state index in [1.165, 1.54) is 71.2 Å². The van der Waals surface area contributed by atoms with E-state index in [2.05, 4.69) is 36.0 Å². The van der Waals surface area contributed by atoms with Crippen LogP contribution in [0, 0.1) is 5.41 Å². The van der Waals surface area contributed by atoms with E-state index in [0.717, 1.165) is 6.54 Å².